The highest BCUT2D eigenvalue weighted by Crippen LogP contribution is 2.14. The fraction of sp³-hybridized carbons (Fsp3) is 0.182. The normalized spacial score (nSPS) is 11.4. The van der Waals surface area contributed by atoms with Crippen LogP contribution in [0.4, 0.5) is 13.2 Å². The summed E-state index contributed by atoms with van der Waals surface area (Å²) >= 11 is 0. The predicted molar refractivity (Wildman–Crippen MR) is 54.3 cm³/mol. The van der Waals surface area contributed by atoms with Gasteiger partial charge in [0.2, 0.25) is 0 Å². The summed E-state index contributed by atoms with van der Waals surface area (Å²) in [7, 11) is 1.14. The number of carbonyl (C=O) groups is 1. The molecule has 6 heteroatoms. The largest absolute Gasteiger partial charge is 0.464 e. The molecule has 2 N–H and O–H groups in total. The Morgan fingerprint density at radius 1 is 1.29 bits per heavy atom. The maximum atomic E-state index is 13.2. The molecule has 1 aromatic carbocycles. The van der Waals surface area contributed by atoms with Crippen LogP contribution in [0.1, 0.15) is 5.56 Å². The van der Waals surface area contributed by atoms with Crippen molar-refractivity contribution in [1.82, 2.24) is 0 Å². The SMILES string of the molecule is COC(=O)C(N)=CCc1cc(F)c(F)cc1F. The molecule has 1 rings (SSSR count). The van der Waals surface area contributed by atoms with Gasteiger partial charge in [-0.25, -0.2) is 18.0 Å². The first kappa shape index (κ1) is 13.1. The van der Waals surface area contributed by atoms with Gasteiger partial charge in [0.15, 0.2) is 11.6 Å². The molecule has 0 aliphatic rings. The average Bonchev–Trinajstić information content (AvgIpc) is 2.30. The molecule has 0 atom stereocenters. The van der Waals surface area contributed by atoms with Crippen molar-refractivity contribution in [2.45, 2.75) is 6.42 Å². The second-order valence-electron chi connectivity index (χ2n) is 3.21. The molecule has 0 spiro atoms. The number of rotatable bonds is 3. The van der Waals surface area contributed by atoms with Crippen LogP contribution in [0.3, 0.4) is 0 Å². The summed E-state index contributed by atoms with van der Waals surface area (Å²) in [6.45, 7) is 0. The number of nitrogens with two attached hydrogens (primary N) is 1. The summed E-state index contributed by atoms with van der Waals surface area (Å²) in [4.78, 5) is 10.9. The monoisotopic (exact) mass is 245 g/mol. The number of benzene rings is 1. The molecule has 0 heterocycles. The molecule has 0 aliphatic carbocycles. The smallest absolute Gasteiger partial charge is 0.353 e. The topological polar surface area (TPSA) is 52.3 Å². The number of esters is 1. The van der Waals surface area contributed by atoms with Gasteiger partial charge in [0.1, 0.15) is 11.5 Å². The standard InChI is InChI=1S/C11H10F3NO2/c1-17-11(16)10(15)3-2-6-4-8(13)9(14)5-7(6)12/h3-5H,2,15H2,1H3. The van der Waals surface area contributed by atoms with E-state index in [2.05, 4.69) is 4.74 Å². The van der Waals surface area contributed by atoms with Crippen LogP contribution in [-0.4, -0.2) is 13.1 Å². The first-order chi connectivity index (χ1) is 7.95. The summed E-state index contributed by atoms with van der Waals surface area (Å²) in [5.41, 5.74) is 4.96. The lowest BCUT2D eigenvalue weighted by molar-refractivity contribution is -0.136. The molecular weight excluding hydrogens is 235 g/mol. The van der Waals surface area contributed by atoms with Crippen LogP contribution in [0.5, 0.6) is 0 Å². The quantitative estimate of drug-likeness (QED) is 0.500. The zero-order valence-electron chi connectivity index (χ0n) is 8.97. The Kier molecular flexibility index (Phi) is 4.14. The van der Waals surface area contributed by atoms with Gasteiger partial charge >= 0.3 is 5.97 Å². The minimum Gasteiger partial charge on any atom is -0.464 e. The van der Waals surface area contributed by atoms with Gasteiger partial charge in [0, 0.05) is 6.07 Å². The maximum absolute atomic E-state index is 13.2. The van der Waals surface area contributed by atoms with Gasteiger partial charge in [-0.2, -0.15) is 0 Å². The van der Waals surface area contributed by atoms with Crippen LogP contribution in [-0.2, 0) is 16.0 Å². The number of carbonyl (C=O) groups excluding carboxylic acids is 1. The molecule has 0 bridgehead atoms. The van der Waals surface area contributed by atoms with E-state index in [9.17, 15) is 18.0 Å². The van der Waals surface area contributed by atoms with Gasteiger partial charge in [0.25, 0.3) is 0 Å². The summed E-state index contributed by atoms with van der Waals surface area (Å²) in [5.74, 6) is -4.10. The molecule has 0 fully saturated rings. The van der Waals surface area contributed by atoms with Gasteiger partial charge in [0.05, 0.1) is 7.11 Å². The summed E-state index contributed by atoms with van der Waals surface area (Å²) in [6.07, 6.45) is 1.03. The van der Waals surface area contributed by atoms with Crippen LogP contribution in [0.25, 0.3) is 0 Å². The van der Waals surface area contributed by atoms with E-state index >= 15 is 0 Å². The first-order valence-electron chi connectivity index (χ1n) is 4.63. The van der Waals surface area contributed by atoms with Crippen molar-refractivity contribution < 1.29 is 22.7 Å². The second kappa shape index (κ2) is 5.38. The molecule has 17 heavy (non-hydrogen) atoms. The highest BCUT2D eigenvalue weighted by Gasteiger charge is 2.10. The zero-order chi connectivity index (χ0) is 13.0. The van der Waals surface area contributed by atoms with E-state index < -0.39 is 23.4 Å². The highest BCUT2D eigenvalue weighted by atomic mass is 19.2. The zero-order valence-corrected chi connectivity index (χ0v) is 8.97. The fourth-order valence-electron chi connectivity index (χ4n) is 1.14. The molecule has 0 saturated heterocycles. The van der Waals surface area contributed by atoms with Crippen LogP contribution < -0.4 is 5.73 Å². The summed E-state index contributed by atoms with van der Waals surface area (Å²) in [5, 5.41) is 0. The van der Waals surface area contributed by atoms with Crippen LogP contribution in [0, 0.1) is 17.5 Å². The van der Waals surface area contributed by atoms with Gasteiger partial charge < -0.3 is 10.5 Å². The third kappa shape index (κ3) is 3.24. The molecule has 0 saturated carbocycles. The van der Waals surface area contributed by atoms with Crippen LogP contribution >= 0.6 is 0 Å². The van der Waals surface area contributed by atoms with E-state index in [0.717, 1.165) is 7.11 Å². The minimum atomic E-state index is -1.27. The minimum absolute atomic E-state index is 0.101. The van der Waals surface area contributed by atoms with Crippen molar-refractivity contribution in [3.8, 4) is 0 Å². The predicted octanol–water partition coefficient (Wildman–Crippen LogP) is 1.66. The van der Waals surface area contributed by atoms with Crippen molar-refractivity contribution in [2.75, 3.05) is 7.11 Å². The molecule has 0 unspecified atom stereocenters. The Bertz CT molecular complexity index is 472. The van der Waals surface area contributed by atoms with E-state index in [4.69, 9.17) is 5.73 Å². The number of halogens is 3. The Morgan fingerprint density at radius 2 is 1.88 bits per heavy atom. The molecule has 0 radical (unpaired) electrons. The van der Waals surface area contributed by atoms with Crippen LogP contribution in [0.2, 0.25) is 0 Å². The lowest BCUT2D eigenvalue weighted by Crippen LogP contribution is -2.13. The molecule has 3 nitrogen and oxygen atoms in total. The Balaban J connectivity index is 2.90. The van der Waals surface area contributed by atoms with E-state index in [1.165, 1.54) is 6.08 Å². The van der Waals surface area contributed by atoms with Gasteiger partial charge in [-0.15, -0.1) is 0 Å². The molecule has 0 amide bonds. The number of hydrogen-bond donors (Lipinski definition) is 1. The lowest BCUT2D eigenvalue weighted by Gasteiger charge is -2.02. The van der Waals surface area contributed by atoms with Crippen molar-refractivity contribution in [3.05, 3.63) is 46.9 Å². The Labute approximate surface area is 95.7 Å². The van der Waals surface area contributed by atoms with E-state index in [1.54, 1.807) is 0 Å². The molecule has 0 aromatic heterocycles. The Hall–Kier alpha value is -1.98. The second-order valence-corrected chi connectivity index (χ2v) is 3.21. The highest BCUT2D eigenvalue weighted by molar-refractivity contribution is 5.87. The van der Waals surface area contributed by atoms with E-state index in [0.29, 0.717) is 12.1 Å². The fourth-order valence-corrected chi connectivity index (χ4v) is 1.14. The number of allylic oxidation sites excluding steroid dienone is 1. The number of methoxy groups -OCH3 is 1. The van der Waals surface area contributed by atoms with Gasteiger partial charge in [-0.05, 0) is 24.1 Å². The molecular formula is C11H10F3NO2. The number of ether oxygens (including phenoxy) is 1. The van der Waals surface area contributed by atoms with E-state index in [1.807, 2.05) is 0 Å². The lowest BCUT2D eigenvalue weighted by atomic mass is 10.1. The van der Waals surface area contributed by atoms with Crippen molar-refractivity contribution >= 4 is 5.97 Å². The van der Waals surface area contributed by atoms with Crippen molar-refractivity contribution in [1.29, 1.82) is 0 Å². The third-order valence-corrected chi connectivity index (χ3v) is 2.05. The average molecular weight is 245 g/mol. The summed E-state index contributed by atoms with van der Waals surface area (Å²) in [6, 6.07) is 1.15. The third-order valence-electron chi connectivity index (χ3n) is 2.05. The van der Waals surface area contributed by atoms with E-state index in [-0.39, 0.29) is 17.7 Å². The molecule has 92 valence electrons. The van der Waals surface area contributed by atoms with Gasteiger partial charge in [-0.3, -0.25) is 0 Å². The molecule has 0 aliphatic heterocycles. The van der Waals surface area contributed by atoms with Crippen molar-refractivity contribution in [3.63, 3.8) is 0 Å². The van der Waals surface area contributed by atoms with Gasteiger partial charge in [-0.1, -0.05) is 0 Å². The maximum Gasteiger partial charge on any atom is 0.353 e. The molecule has 1 aromatic rings. The first-order valence-corrected chi connectivity index (χ1v) is 4.63. The summed E-state index contributed by atoms with van der Waals surface area (Å²) < 4.78 is 42.9. The number of hydrogen-bond acceptors (Lipinski definition) is 3. The van der Waals surface area contributed by atoms with Crippen molar-refractivity contribution in [2.24, 2.45) is 5.73 Å². The Morgan fingerprint density at radius 3 is 2.47 bits per heavy atom. The van der Waals surface area contributed by atoms with Crippen LogP contribution in [0.15, 0.2) is 23.9 Å².